The number of ether oxygens (including phenoxy) is 1. The van der Waals surface area contributed by atoms with E-state index in [2.05, 4.69) is 38.2 Å². The van der Waals surface area contributed by atoms with E-state index < -0.39 is 0 Å². The molecule has 0 amide bonds. The minimum atomic E-state index is 0.499. The predicted octanol–water partition coefficient (Wildman–Crippen LogP) is 3.80. The number of aromatic nitrogens is 1. The lowest BCUT2D eigenvalue weighted by Crippen LogP contribution is -2.21. The number of aryl methyl sites for hydroxylation is 1. The highest BCUT2D eigenvalue weighted by atomic mass is 32.1. The van der Waals surface area contributed by atoms with Crippen LogP contribution in [0, 0.1) is 0 Å². The molecule has 2 rings (SSSR count). The van der Waals surface area contributed by atoms with Gasteiger partial charge in [-0.2, -0.15) is 0 Å². The summed E-state index contributed by atoms with van der Waals surface area (Å²) in [5.41, 5.74) is 2.47. The lowest BCUT2D eigenvalue weighted by Gasteiger charge is -2.06. The molecular weight excluding hydrogens is 280 g/mol. The molecule has 0 spiro atoms. The maximum absolute atomic E-state index is 5.28. The Balaban J connectivity index is 2.12. The lowest BCUT2D eigenvalue weighted by atomic mass is 10.1. The number of benzene rings is 1. The van der Waals surface area contributed by atoms with Crippen LogP contribution in [0.25, 0.3) is 0 Å². The summed E-state index contributed by atoms with van der Waals surface area (Å²) < 4.78 is 5.28. The smallest absolute Gasteiger partial charge is 0.119 e. The standard InChI is InChI=1S/C17H24N2OS/c1-5-15-16(11-18-12(2)3)21-17(19-15)10-13-7-6-8-14(9-13)20-4/h6-9,12,18H,5,10-11H2,1-4H3. The van der Waals surface area contributed by atoms with Gasteiger partial charge in [0.05, 0.1) is 17.8 Å². The van der Waals surface area contributed by atoms with Gasteiger partial charge in [0.25, 0.3) is 0 Å². The van der Waals surface area contributed by atoms with Crippen molar-refractivity contribution in [3.63, 3.8) is 0 Å². The summed E-state index contributed by atoms with van der Waals surface area (Å²) in [6.45, 7) is 7.42. The number of nitrogens with one attached hydrogen (secondary N) is 1. The molecule has 1 N–H and O–H groups in total. The summed E-state index contributed by atoms with van der Waals surface area (Å²) in [6.07, 6.45) is 1.86. The Bertz CT molecular complexity index is 578. The first kappa shape index (κ1) is 16.0. The molecule has 0 saturated carbocycles. The van der Waals surface area contributed by atoms with Crippen LogP contribution < -0.4 is 10.1 Å². The molecule has 0 radical (unpaired) electrons. The van der Waals surface area contributed by atoms with E-state index >= 15 is 0 Å². The molecule has 1 heterocycles. The molecule has 114 valence electrons. The van der Waals surface area contributed by atoms with Gasteiger partial charge in [-0.1, -0.05) is 32.9 Å². The van der Waals surface area contributed by atoms with E-state index in [4.69, 9.17) is 9.72 Å². The highest BCUT2D eigenvalue weighted by Gasteiger charge is 2.11. The van der Waals surface area contributed by atoms with Gasteiger partial charge in [0.1, 0.15) is 5.75 Å². The van der Waals surface area contributed by atoms with Crippen molar-refractivity contribution >= 4 is 11.3 Å². The highest BCUT2D eigenvalue weighted by molar-refractivity contribution is 7.11. The molecular formula is C17H24N2OS. The second-order valence-corrected chi connectivity index (χ2v) is 6.56. The minimum absolute atomic E-state index is 0.499. The summed E-state index contributed by atoms with van der Waals surface area (Å²) in [6, 6.07) is 8.71. The van der Waals surface area contributed by atoms with Gasteiger partial charge < -0.3 is 10.1 Å². The van der Waals surface area contributed by atoms with Crippen molar-refractivity contribution in [3.8, 4) is 5.75 Å². The number of nitrogens with zero attached hydrogens (tertiary/aromatic N) is 1. The minimum Gasteiger partial charge on any atom is -0.497 e. The fourth-order valence-corrected chi connectivity index (χ4v) is 3.32. The van der Waals surface area contributed by atoms with E-state index in [0.717, 1.165) is 25.1 Å². The van der Waals surface area contributed by atoms with E-state index in [0.29, 0.717) is 6.04 Å². The molecule has 4 heteroatoms. The van der Waals surface area contributed by atoms with Crippen LogP contribution >= 0.6 is 11.3 Å². The molecule has 3 nitrogen and oxygen atoms in total. The average Bonchev–Trinajstić information content (AvgIpc) is 2.87. The summed E-state index contributed by atoms with van der Waals surface area (Å²) in [4.78, 5) is 6.16. The molecule has 0 aliphatic heterocycles. The topological polar surface area (TPSA) is 34.1 Å². The van der Waals surface area contributed by atoms with Crippen molar-refractivity contribution in [2.24, 2.45) is 0 Å². The second-order valence-electron chi connectivity index (χ2n) is 5.39. The molecule has 0 atom stereocenters. The first-order valence-corrected chi connectivity index (χ1v) is 8.27. The molecule has 1 aromatic heterocycles. The van der Waals surface area contributed by atoms with Gasteiger partial charge in [0.2, 0.25) is 0 Å². The number of thiazole rings is 1. The summed E-state index contributed by atoms with van der Waals surface area (Å²) in [7, 11) is 1.70. The maximum Gasteiger partial charge on any atom is 0.119 e. The molecule has 0 unspecified atom stereocenters. The number of rotatable bonds is 7. The van der Waals surface area contributed by atoms with E-state index in [1.165, 1.54) is 21.1 Å². The molecule has 0 aliphatic carbocycles. The van der Waals surface area contributed by atoms with Crippen LogP contribution in [-0.4, -0.2) is 18.1 Å². The lowest BCUT2D eigenvalue weighted by molar-refractivity contribution is 0.414. The van der Waals surface area contributed by atoms with Gasteiger partial charge in [-0.25, -0.2) is 4.98 Å². The Kier molecular flexibility index (Phi) is 5.76. The molecule has 0 aliphatic rings. The van der Waals surface area contributed by atoms with Crippen LogP contribution in [0.1, 0.15) is 41.9 Å². The Hall–Kier alpha value is -1.39. The van der Waals surface area contributed by atoms with Crippen LogP contribution in [0.15, 0.2) is 24.3 Å². The quantitative estimate of drug-likeness (QED) is 0.845. The van der Waals surface area contributed by atoms with Crippen LogP contribution in [0.2, 0.25) is 0 Å². The Morgan fingerprint density at radius 3 is 2.81 bits per heavy atom. The summed E-state index contributed by atoms with van der Waals surface area (Å²) in [5.74, 6) is 0.904. The maximum atomic E-state index is 5.28. The van der Waals surface area contributed by atoms with Crippen LogP contribution in [0.3, 0.4) is 0 Å². The normalized spacial score (nSPS) is 11.1. The van der Waals surface area contributed by atoms with E-state index in [-0.39, 0.29) is 0 Å². The van der Waals surface area contributed by atoms with Crippen molar-refractivity contribution in [2.75, 3.05) is 7.11 Å². The van der Waals surface area contributed by atoms with Crippen LogP contribution in [0.4, 0.5) is 0 Å². The monoisotopic (exact) mass is 304 g/mol. The summed E-state index contributed by atoms with van der Waals surface area (Å²) in [5, 5.41) is 4.66. The fraction of sp³-hybridized carbons (Fsp3) is 0.471. The van der Waals surface area contributed by atoms with Crippen LogP contribution in [0.5, 0.6) is 5.75 Å². The van der Waals surface area contributed by atoms with Crippen molar-refractivity contribution in [3.05, 3.63) is 45.4 Å². The third kappa shape index (κ3) is 4.55. The highest BCUT2D eigenvalue weighted by Crippen LogP contribution is 2.23. The number of hydrogen-bond donors (Lipinski definition) is 1. The zero-order valence-electron chi connectivity index (χ0n) is 13.3. The van der Waals surface area contributed by atoms with Crippen molar-refractivity contribution < 1.29 is 4.74 Å². The van der Waals surface area contributed by atoms with Gasteiger partial charge in [-0.15, -0.1) is 11.3 Å². The number of hydrogen-bond acceptors (Lipinski definition) is 4. The molecule has 0 fully saturated rings. The average molecular weight is 304 g/mol. The molecule has 2 aromatic rings. The zero-order chi connectivity index (χ0) is 15.2. The SMILES string of the molecule is CCc1nc(Cc2cccc(OC)c2)sc1CNC(C)C. The van der Waals surface area contributed by atoms with Gasteiger partial charge in [0.15, 0.2) is 0 Å². The molecule has 0 saturated heterocycles. The molecule has 0 bridgehead atoms. The van der Waals surface area contributed by atoms with Gasteiger partial charge in [-0.3, -0.25) is 0 Å². The number of methoxy groups -OCH3 is 1. The second kappa shape index (κ2) is 7.57. The third-order valence-corrected chi connectivity index (χ3v) is 4.42. The Morgan fingerprint density at radius 1 is 1.33 bits per heavy atom. The molecule has 1 aromatic carbocycles. The fourth-order valence-electron chi connectivity index (χ4n) is 2.18. The molecule has 21 heavy (non-hydrogen) atoms. The predicted molar refractivity (Wildman–Crippen MR) is 89.3 cm³/mol. The first-order valence-electron chi connectivity index (χ1n) is 7.46. The van der Waals surface area contributed by atoms with Crippen LogP contribution in [-0.2, 0) is 19.4 Å². The Morgan fingerprint density at radius 2 is 2.14 bits per heavy atom. The van der Waals surface area contributed by atoms with Crippen molar-refractivity contribution in [1.29, 1.82) is 0 Å². The third-order valence-electron chi connectivity index (χ3n) is 3.32. The zero-order valence-corrected chi connectivity index (χ0v) is 14.1. The Labute approximate surface area is 131 Å². The largest absolute Gasteiger partial charge is 0.497 e. The van der Waals surface area contributed by atoms with Gasteiger partial charge >= 0.3 is 0 Å². The first-order chi connectivity index (χ1) is 10.1. The van der Waals surface area contributed by atoms with E-state index in [9.17, 15) is 0 Å². The van der Waals surface area contributed by atoms with Crippen molar-refractivity contribution in [1.82, 2.24) is 10.3 Å². The van der Waals surface area contributed by atoms with Gasteiger partial charge in [0, 0.05) is 23.9 Å². The van der Waals surface area contributed by atoms with Crippen molar-refractivity contribution in [2.45, 2.75) is 46.2 Å². The van der Waals surface area contributed by atoms with Gasteiger partial charge in [-0.05, 0) is 24.1 Å². The van der Waals surface area contributed by atoms with E-state index in [1.807, 2.05) is 23.5 Å². The summed E-state index contributed by atoms with van der Waals surface area (Å²) >= 11 is 1.82. The van der Waals surface area contributed by atoms with E-state index in [1.54, 1.807) is 7.11 Å².